The zero-order valence-corrected chi connectivity index (χ0v) is 13.6. The van der Waals surface area contributed by atoms with E-state index in [9.17, 15) is 9.18 Å². The number of hydrogen-bond donors (Lipinski definition) is 2. The lowest BCUT2D eigenvalue weighted by Gasteiger charge is -2.37. The van der Waals surface area contributed by atoms with Crippen LogP contribution >= 0.6 is 0 Å². The van der Waals surface area contributed by atoms with Crippen molar-refractivity contribution in [1.29, 1.82) is 0 Å². The molecule has 0 aromatic heterocycles. The van der Waals surface area contributed by atoms with E-state index >= 15 is 0 Å². The third kappa shape index (κ3) is 3.73. The van der Waals surface area contributed by atoms with Crippen molar-refractivity contribution in [3.8, 4) is 5.75 Å². The molecule has 3 N–H and O–H groups in total. The number of carbonyl (C=O) groups excluding carboxylic acids is 1. The summed E-state index contributed by atoms with van der Waals surface area (Å²) in [4.78, 5) is 12.5. The van der Waals surface area contributed by atoms with Crippen molar-refractivity contribution >= 4 is 5.91 Å². The zero-order valence-electron chi connectivity index (χ0n) is 13.6. The Balaban J connectivity index is 2.99. The molecule has 118 valence electrons. The van der Waals surface area contributed by atoms with Crippen LogP contribution in [0, 0.1) is 11.2 Å². The molecular weight excluding hydrogens is 271 g/mol. The van der Waals surface area contributed by atoms with E-state index in [4.69, 9.17) is 10.5 Å². The average molecular weight is 296 g/mol. The molecule has 0 radical (unpaired) electrons. The molecule has 0 aliphatic heterocycles. The summed E-state index contributed by atoms with van der Waals surface area (Å²) in [5.41, 5.74) is 5.22. The van der Waals surface area contributed by atoms with Crippen LogP contribution in [0.1, 0.15) is 46.2 Å². The lowest BCUT2D eigenvalue weighted by atomic mass is 9.74. The number of rotatable bonds is 5. The first kappa shape index (κ1) is 17.4. The summed E-state index contributed by atoms with van der Waals surface area (Å²) < 4.78 is 18.6. The van der Waals surface area contributed by atoms with Crippen LogP contribution in [0.3, 0.4) is 0 Å². The van der Waals surface area contributed by atoms with E-state index in [1.165, 1.54) is 19.2 Å². The third-order valence-corrected chi connectivity index (χ3v) is 4.18. The number of benzene rings is 1. The Hall–Kier alpha value is -1.62. The van der Waals surface area contributed by atoms with Gasteiger partial charge in [-0.3, -0.25) is 4.79 Å². The number of hydrogen-bond acceptors (Lipinski definition) is 3. The molecule has 0 bridgehead atoms. The number of amides is 1. The zero-order chi connectivity index (χ0) is 16.4. The van der Waals surface area contributed by atoms with Crippen LogP contribution in [0.4, 0.5) is 4.39 Å². The van der Waals surface area contributed by atoms with Gasteiger partial charge in [-0.15, -0.1) is 0 Å². The number of halogens is 1. The second-order valence-corrected chi connectivity index (χ2v) is 6.43. The Morgan fingerprint density at radius 2 is 1.90 bits per heavy atom. The number of ether oxygens (including phenoxy) is 1. The molecule has 0 spiro atoms. The summed E-state index contributed by atoms with van der Waals surface area (Å²) in [5, 5.41) is 2.88. The van der Waals surface area contributed by atoms with Crippen molar-refractivity contribution < 1.29 is 13.9 Å². The normalized spacial score (nSPS) is 13.7. The van der Waals surface area contributed by atoms with Crippen molar-refractivity contribution in [3.63, 3.8) is 0 Å². The van der Waals surface area contributed by atoms with Gasteiger partial charge in [0.2, 0.25) is 5.91 Å². The second kappa shape index (κ2) is 6.02. The first-order chi connectivity index (χ1) is 9.50. The Labute approximate surface area is 125 Å². The van der Waals surface area contributed by atoms with Gasteiger partial charge in [0, 0.05) is 11.1 Å². The van der Waals surface area contributed by atoms with Crippen molar-refractivity contribution in [3.05, 3.63) is 29.6 Å². The Morgan fingerprint density at radius 3 is 2.38 bits per heavy atom. The maximum absolute atomic E-state index is 13.4. The summed E-state index contributed by atoms with van der Waals surface area (Å²) in [7, 11) is 1.51. The second-order valence-electron chi connectivity index (χ2n) is 6.43. The van der Waals surface area contributed by atoms with Crippen LogP contribution in [-0.4, -0.2) is 18.6 Å². The predicted molar refractivity (Wildman–Crippen MR) is 81.6 cm³/mol. The maximum atomic E-state index is 13.4. The molecule has 21 heavy (non-hydrogen) atoms. The molecule has 1 amide bonds. The minimum atomic E-state index is -0.762. The van der Waals surface area contributed by atoms with Crippen LogP contribution in [0.2, 0.25) is 0 Å². The fourth-order valence-corrected chi connectivity index (χ4v) is 1.79. The Bertz CT molecular complexity index is 521. The van der Waals surface area contributed by atoms with Crippen LogP contribution in [0.5, 0.6) is 5.75 Å². The molecular formula is C16H25FN2O2. The lowest BCUT2D eigenvalue weighted by molar-refractivity contribution is -0.132. The van der Waals surface area contributed by atoms with Gasteiger partial charge in [0.1, 0.15) is 11.6 Å². The standard InChI is InChI=1S/C16H25FN2O2/c1-10(12-9-11(17)7-8-13(12)21-6)19-14(20)15(2,3)16(4,5)18/h7-10H,18H2,1-6H3,(H,19,20). The van der Waals surface area contributed by atoms with E-state index in [1.54, 1.807) is 40.7 Å². The highest BCUT2D eigenvalue weighted by Gasteiger charge is 2.40. The smallest absolute Gasteiger partial charge is 0.227 e. The number of methoxy groups -OCH3 is 1. The Morgan fingerprint density at radius 1 is 1.33 bits per heavy atom. The molecule has 0 saturated heterocycles. The van der Waals surface area contributed by atoms with Crippen LogP contribution in [-0.2, 0) is 4.79 Å². The summed E-state index contributed by atoms with van der Waals surface area (Å²) in [5.74, 6) is -0.0202. The quantitative estimate of drug-likeness (QED) is 0.878. The number of carbonyl (C=O) groups is 1. The molecule has 0 aliphatic rings. The molecule has 4 nitrogen and oxygen atoms in total. The SMILES string of the molecule is COc1ccc(F)cc1C(C)NC(=O)C(C)(C)C(C)(C)N. The molecule has 1 unspecified atom stereocenters. The van der Waals surface area contributed by atoms with E-state index in [2.05, 4.69) is 5.32 Å². The predicted octanol–water partition coefficient (Wildman–Crippen LogP) is 2.78. The van der Waals surface area contributed by atoms with Gasteiger partial charge in [0.15, 0.2) is 0 Å². The fraction of sp³-hybridized carbons (Fsp3) is 0.562. The van der Waals surface area contributed by atoms with Gasteiger partial charge < -0.3 is 15.8 Å². The van der Waals surface area contributed by atoms with E-state index in [-0.39, 0.29) is 17.8 Å². The number of nitrogens with two attached hydrogens (primary N) is 1. The van der Waals surface area contributed by atoms with E-state index in [0.717, 1.165) is 0 Å². The molecule has 5 heteroatoms. The van der Waals surface area contributed by atoms with Gasteiger partial charge in [0.25, 0.3) is 0 Å². The summed E-state index contributed by atoms with van der Waals surface area (Å²) in [6.07, 6.45) is 0. The average Bonchev–Trinajstić information content (AvgIpc) is 2.37. The molecule has 1 aromatic rings. The van der Waals surface area contributed by atoms with Gasteiger partial charge in [-0.25, -0.2) is 4.39 Å². The number of nitrogens with one attached hydrogen (secondary N) is 1. The van der Waals surface area contributed by atoms with Crippen molar-refractivity contribution in [1.82, 2.24) is 5.32 Å². The largest absolute Gasteiger partial charge is 0.496 e. The monoisotopic (exact) mass is 296 g/mol. The molecule has 1 atom stereocenters. The lowest BCUT2D eigenvalue weighted by Crippen LogP contribution is -2.55. The van der Waals surface area contributed by atoms with Crippen LogP contribution in [0.15, 0.2) is 18.2 Å². The van der Waals surface area contributed by atoms with Crippen molar-refractivity contribution in [2.45, 2.75) is 46.2 Å². The van der Waals surface area contributed by atoms with Gasteiger partial charge >= 0.3 is 0 Å². The van der Waals surface area contributed by atoms with Crippen molar-refractivity contribution in [2.75, 3.05) is 7.11 Å². The third-order valence-electron chi connectivity index (χ3n) is 4.18. The molecule has 0 heterocycles. The first-order valence-electron chi connectivity index (χ1n) is 6.94. The van der Waals surface area contributed by atoms with Gasteiger partial charge in [-0.2, -0.15) is 0 Å². The highest BCUT2D eigenvalue weighted by atomic mass is 19.1. The van der Waals surface area contributed by atoms with Gasteiger partial charge in [-0.1, -0.05) is 0 Å². The highest BCUT2D eigenvalue weighted by molar-refractivity contribution is 5.83. The van der Waals surface area contributed by atoms with Crippen LogP contribution < -0.4 is 15.8 Å². The molecule has 0 saturated carbocycles. The molecule has 1 rings (SSSR count). The maximum Gasteiger partial charge on any atom is 0.227 e. The summed E-state index contributed by atoms with van der Waals surface area (Å²) >= 11 is 0. The summed E-state index contributed by atoms with van der Waals surface area (Å²) in [6.45, 7) is 8.98. The first-order valence-corrected chi connectivity index (χ1v) is 6.94. The molecule has 0 aliphatic carbocycles. The summed E-state index contributed by atoms with van der Waals surface area (Å²) in [6, 6.07) is 3.85. The van der Waals surface area contributed by atoms with E-state index < -0.39 is 11.0 Å². The van der Waals surface area contributed by atoms with Gasteiger partial charge in [0.05, 0.1) is 18.6 Å². The van der Waals surface area contributed by atoms with Crippen molar-refractivity contribution in [2.24, 2.45) is 11.1 Å². The van der Waals surface area contributed by atoms with E-state index in [1.807, 2.05) is 0 Å². The topological polar surface area (TPSA) is 64.3 Å². The molecule has 0 fully saturated rings. The van der Waals surface area contributed by atoms with Gasteiger partial charge in [-0.05, 0) is 52.8 Å². The Kier molecular flexibility index (Phi) is 4.99. The minimum Gasteiger partial charge on any atom is -0.496 e. The van der Waals surface area contributed by atoms with Crippen LogP contribution in [0.25, 0.3) is 0 Å². The highest BCUT2D eigenvalue weighted by Crippen LogP contribution is 2.31. The molecule has 1 aromatic carbocycles. The van der Waals surface area contributed by atoms with E-state index in [0.29, 0.717) is 11.3 Å². The minimum absolute atomic E-state index is 0.186. The fourth-order valence-electron chi connectivity index (χ4n) is 1.79.